The van der Waals surface area contributed by atoms with Gasteiger partial charge in [0, 0.05) is 0 Å². The Morgan fingerprint density at radius 2 is 0.864 bits per heavy atom. The molecule has 0 bridgehead atoms. The molecule has 6 nitrogen and oxygen atoms in total. The van der Waals surface area contributed by atoms with Gasteiger partial charge in [0.2, 0.25) is 0 Å². The summed E-state index contributed by atoms with van der Waals surface area (Å²) in [5.41, 5.74) is -0.156. The molecule has 5 aromatic rings. The summed E-state index contributed by atoms with van der Waals surface area (Å²) < 4.78 is 11.2. The summed E-state index contributed by atoms with van der Waals surface area (Å²) in [6.07, 6.45) is 0. The molecule has 1 aliphatic rings. The van der Waals surface area contributed by atoms with Gasteiger partial charge in [0.05, 0.1) is 0 Å². The number of carbonyl (C=O) groups is 2. The van der Waals surface area contributed by atoms with Crippen molar-refractivity contribution in [1.29, 1.82) is 0 Å². The summed E-state index contributed by atoms with van der Waals surface area (Å²) in [5.74, 6) is -1.39. The first-order valence-corrected chi connectivity index (χ1v) is 16.4. The van der Waals surface area contributed by atoms with E-state index in [0.29, 0.717) is 11.1 Å². The monoisotopic (exact) mass is 598 g/mol. The summed E-state index contributed by atoms with van der Waals surface area (Å²) in [4.78, 5) is 34.8. The van der Waals surface area contributed by atoms with Crippen LogP contribution >= 0.6 is 6.75 Å². The third kappa shape index (κ3) is 3.99. The normalized spacial score (nSPS) is 17.1. The van der Waals surface area contributed by atoms with Crippen LogP contribution in [0.15, 0.2) is 173 Å². The molecule has 1 heterocycles. The van der Waals surface area contributed by atoms with Gasteiger partial charge in [0.15, 0.2) is 0 Å². The Labute approximate surface area is 256 Å². The molecular weight excluding hydrogens is 567 g/mol. The second-order valence-corrected chi connectivity index (χ2v) is 14.7. The zero-order chi connectivity index (χ0) is 30.6. The molecule has 1 aliphatic heterocycles. The van der Waals surface area contributed by atoms with Gasteiger partial charge < -0.3 is 0 Å². The quantitative estimate of drug-likeness (QED) is 0.160. The number of nitrogens with zero attached hydrogens (tertiary/aromatic N) is 2. The maximum atomic E-state index is 14.7. The number of methoxy groups -OCH3 is 2. The van der Waals surface area contributed by atoms with E-state index in [1.807, 2.05) is 152 Å². The summed E-state index contributed by atoms with van der Waals surface area (Å²) in [5, 5.41) is 7.61. The van der Waals surface area contributed by atoms with Crippen LogP contribution in [-0.2, 0) is 24.6 Å². The average molecular weight is 599 g/mol. The number of rotatable bonds is 7. The van der Waals surface area contributed by atoms with Crippen LogP contribution in [0.1, 0.15) is 11.1 Å². The first kappa shape index (κ1) is 28.9. The summed E-state index contributed by atoms with van der Waals surface area (Å²) in [6.45, 7) is -4.55. The fraction of sp³-hybridized carbons (Fsp3) is 0.0811. The fourth-order valence-corrected chi connectivity index (χ4v) is 12.2. The van der Waals surface area contributed by atoms with Crippen molar-refractivity contribution < 1.29 is 19.1 Å². The first-order valence-electron chi connectivity index (χ1n) is 14.2. The third-order valence-corrected chi connectivity index (χ3v) is 14.0. The van der Waals surface area contributed by atoms with Gasteiger partial charge in [-0.1, -0.05) is 0 Å². The van der Waals surface area contributed by atoms with Crippen molar-refractivity contribution in [3.05, 3.63) is 174 Å². The van der Waals surface area contributed by atoms with E-state index in [1.165, 1.54) is 14.2 Å². The van der Waals surface area contributed by atoms with Gasteiger partial charge in [-0.25, -0.2) is 0 Å². The zero-order valence-corrected chi connectivity index (χ0v) is 25.3. The van der Waals surface area contributed by atoms with Crippen molar-refractivity contribution in [2.45, 2.75) is 5.54 Å². The van der Waals surface area contributed by atoms with Crippen LogP contribution in [0.2, 0.25) is 0 Å². The van der Waals surface area contributed by atoms with Crippen molar-refractivity contribution in [1.82, 2.24) is 0 Å². The van der Waals surface area contributed by atoms with Gasteiger partial charge in [0.25, 0.3) is 0 Å². The van der Waals surface area contributed by atoms with Crippen LogP contribution in [0, 0.1) is 0 Å². The van der Waals surface area contributed by atoms with Gasteiger partial charge in [-0.15, -0.1) is 0 Å². The Bertz CT molecular complexity index is 1720. The first-order chi connectivity index (χ1) is 21.5. The summed E-state index contributed by atoms with van der Waals surface area (Å²) >= 11 is 0. The minimum atomic E-state index is -4.55. The molecule has 0 aliphatic carbocycles. The third-order valence-electron chi connectivity index (χ3n) is 8.34. The minimum absolute atomic E-state index is 0.0634. The molecule has 0 spiro atoms. The molecule has 218 valence electrons. The van der Waals surface area contributed by atoms with Crippen molar-refractivity contribution in [3.8, 4) is 0 Å². The molecule has 0 saturated carbocycles. The Hall–Kier alpha value is -5.19. The van der Waals surface area contributed by atoms with E-state index in [0.717, 1.165) is 15.9 Å². The van der Waals surface area contributed by atoms with E-state index in [4.69, 9.17) is 19.5 Å². The van der Waals surface area contributed by atoms with Crippen LogP contribution in [0.3, 0.4) is 0 Å². The van der Waals surface area contributed by atoms with E-state index in [2.05, 4.69) is 0 Å². The molecule has 0 saturated heterocycles. The van der Waals surface area contributed by atoms with Crippen molar-refractivity contribution in [2.24, 2.45) is 10.00 Å². The molecule has 6 rings (SSSR count). The number of carbonyl (C=O) groups excluding carboxylic acids is 2. The van der Waals surface area contributed by atoms with E-state index in [1.54, 1.807) is 0 Å². The Kier molecular flexibility index (Phi) is 7.54. The number of hydrogen-bond donors (Lipinski definition) is 0. The molecular formula is C37H31N2O4P. The van der Waals surface area contributed by atoms with Crippen LogP contribution in [0.25, 0.3) is 0 Å². The van der Waals surface area contributed by atoms with Crippen LogP contribution in [0.4, 0.5) is 0 Å². The molecule has 0 unspecified atom stereocenters. The van der Waals surface area contributed by atoms with Gasteiger partial charge in [-0.05, 0) is 0 Å². The van der Waals surface area contributed by atoms with Crippen molar-refractivity contribution in [3.63, 3.8) is 0 Å². The average Bonchev–Trinajstić information content (AvgIpc) is 3.12. The molecule has 0 atom stereocenters. The van der Waals surface area contributed by atoms with Gasteiger partial charge >= 0.3 is 257 Å². The number of benzene rings is 5. The molecule has 0 N–H and O–H groups in total. The summed E-state index contributed by atoms with van der Waals surface area (Å²) in [6, 6.07) is 47.7. The molecule has 0 fully saturated rings. The predicted molar refractivity (Wildman–Crippen MR) is 175 cm³/mol. The number of hydrogen-bond acceptors (Lipinski definition) is 6. The van der Waals surface area contributed by atoms with E-state index in [-0.39, 0.29) is 10.9 Å². The van der Waals surface area contributed by atoms with Crippen LogP contribution in [0.5, 0.6) is 0 Å². The zero-order valence-electron chi connectivity index (χ0n) is 24.4. The Morgan fingerprint density at radius 1 is 0.523 bits per heavy atom. The summed E-state index contributed by atoms with van der Waals surface area (Å²) in [7, 11) is 2.65. The molecule has 0 radical (unpaired) electrons. The van der Waals surface area contributed by atoms with E-state index >= 15 is 0 Å². The Balaban J connectivity index is 1.97. The maximum absolute atomic E-state index is 14.7. The van der Waals surface area contributed by atoms with E-state index in [9.17, 15) is 9.59 Å². The van der Waals surface area contributed by atoms with Gasteiger partial charge in [0.1, 0.15) is 0 Å². The standard InChI is InChI=1S/C37H31N2O4P/c1-42-35(40)33-34(36(41)43-2)44(30-22-12-5-13-23-30,31-24-14-6-15-25-31,32-26-16-7-17-27-32)39-38-37(33,28-18-8-3-9-19-28)29-20-10-4-11-21-29/h3-27H,1-2H3. The predicted octanol–water partition coefficient (Wildman–Crippen LogP) is 6.44. The second-order valence-electron chi connectivity index (χ2n) is 10.4. The van der Waals surface area contributed by atoms with Crippen molar-refractivity contribution in [2.75, 3.05) is 14.2 Å². The SMILES string of the molecule is COC(=O)C1=C(C(=O)OC)P(c2ccccc2)(c2ccccc2)(c2ccccc2)N=NC1(c1ccccc1)c1ccccc1. The molecule has 0 amide bonds. The van der Waals surface area contributed by atoms with Gasteiger partial charge in [-0.3, -0.25) is 0 Å². The van der Waals surface area contributed by atoms with E-state index < -0.39 is 24.2 Å². The van der Waals surface area contributed by atoms with Crippen LogP contribution in [-0.4, -0.2) is 26.2 Å². The molecule has 7 heteroatoms. The topological polar surface area (TPSA) is 77.3 Å². The Morgan fingerprint density at radius 3 is 1.20 bits per heavy atom. The second kappa shape index (κ2) is 11.5. The van der Waals surface area contributed by atoms with Crippen molar-refractivity contribution >= 4 is 34.6 Å². The number of ether oxygens (including phenoxy) is 2. The van der Waals surface area contributed by atoms with Gasteiger partial charge in [-0.2, -0.15) is 0 Å². The van der Waals surface area contributed by atoms with Crippen LogP contribution < -0.4 is 15.9 Å². The number of esters is 2. The molecule has 5 aromatic carbocycles. The molecule has 44 heavy (non-hydrogen) atoms. The molecule has 0 aromatic heterocycles. The fourth-order valence-electron chi connectivity index (χ4n) is 6.44.